The van der Waals surface area contributed by atoms with Gasteiger partial charge < -0.3 is 15.2 Å². The van der Waals surface area contributed by atoms with E-state index >= 15 is 0 Å². The molecule has 0 amide bonds. The van der Waals surface area contributed by atoms with Crippen LogP contribution in [0.25, 0.3) is 0 Å². The number of rotatable bonds is 8. The van der Waals surface area contributed by atoms with E-state index in [-0.39, 0.29) is 0 Å². The predicted octanol–water partition coefficient (Wildman–Crippen LogP) is 3.76. The molecule has 7 heteroatoms. The Morgan fingerprint density at radius 3 is 2.65 bits per heavy atom. The zero-order valence-corrected chi connectivity index (χ0v) is 15.5. The van der Waals surface area contributed by atoms with E-state index in [0.717, 1.165) is 36.4 Å². The second-order valence-corrected chi connectivity index (χ2v) is 6.07. The van der Waals surface area contributed by atoms with E-state index < -0.39 is 11.6 Å². The van der Waals surface area contributed by atoms with E-state index in [1.807, 2.05) is 6.07 Å². The normalized spacial score (nSPS) is 11.8. The molecular weight excluding hydrogens is 338 g/mol. The van der Waals surface area contributed by atoms with Crippen molar-refractivity contribution in [3.05, 3.63) is 52.9 Å². The zero-order chi connectivity index (χ0) is 18.9. The maximum absolute atomic E-state index is 13.6. The summed E-state index contributed by atoms with van der Waals surface area (Å²) in [5.41, 5.74) is 1.30. The summed E-state index contributed by atoms with van der Waals surface area (Å²) in [5, 5.41) is 10.3. The van der Waals surface area contributed by atoms with Gasteiger partial charge in [-0.15, -0.1) is 0 Å². The van der Waals surface area contributed by atoms with Crippen LogP contribution >= 0.6 is 0 Å². The van der Waals surface area contributed by atoms with Crippen molar-refractivity contribution in [2.24, 2.45) is 4.99 Å². The number of hydrogen-bond donors (Lipinski definition) is 2. The molecule has 0 aliphatic heterocycles. The molecule has 26 heavy (non-hydrogen) atoms. The fraction of sp³-hybridized carbons (Fsp3) is 0.474. The summed E-state index contributed by atoms with van der Waals surface area (Å²) in [5.74, 6) is 0.841. The van der Waals surface area contributed by atoms with Gasteiger partial charge in [-0.2, -0.15) is 0 Å². The highest BCUT2D eigenvalue weighted by atomic mass is 19.1. The summed E-state index contributed by atoms with van der Waals surface area (Å²) < 4.78 is 32.2. The maximum Gasteiger partial charge on any atom is 0.191 e. The lowest BCUT2D eigenvalue weighted by atomic mass is 9.99. The fourth-order valence-corrected chi connectivity index (χ4v) is 2.75. The predicted molar refractivity (Wildman–Crippen MR) is 98.1 cm³/mol. The molecule has 2 rings (SSSR count). The van der Waals surface area contributed by atoms with Crippen LogP contribution in [0.1, 0.15) is 49.6 Å². The van der Waals surface area contributed by atoms with Gasteiger partial charge >= 0.3 is 0 Å². The van der Waals surface area contributed by atoms with Crippen LogP contribution in [0.2, 0.25) is 0 Å². The number of aliphatic imine (C=N–C) groups is 1. The van der Waals surface area contributed by atoms with Crippen molar-refractivity contribution in [2.45, 2.75) is 45.6 Å². The third-order valence-electron chi connectivity index (χ3n) is 4.33. The van der Waals surface area contributed by atoms with Gasteiger partial charge in [0, 0.05) is 25.6 Å². The Labute approximate surface area is 152 Å². The zero-order valence-electron chi connectivity index (χ0n) is 15.5. The number of nitrogens with zero attached hydrogens (tertiary/aromatic N) is 2. The van der Waals surface area contributed by atoms with Crippen molar-refractivity contribution in [3.63, 3.8) is 0 Å². The topological polar surface area (TPSA) is 62.5 Å². The first-order chi connectivity index (χ1) is 12.6. The average Bonchev–Trinajstić information content (AvgIpc) is 3.10. The minimum atomic E-state index is -0.442. The molecule has 0 saturated carbocycles. The molecule has 2 aromatic rings. The molecule has 142 valence electrons. The number of aromatic nitrogens is 1. The largest absolute Gasteiger partial charge is 0.359 e. The van der Waals surface area contributed by atoms with Crippen molar-refractivity contribution in [1.82, 2.24) is 15.8 Å². The molecule has 1 aromatic carbocycles. The second-order valence-electron chi connectivity index (χ2n) is 6.07. The fourth-order valence-electron chi connectivity index (χ4n) is 2.75. The molecule has 0 aliphatic rings. The summed E-state index contributed by atoms with van der Waals surface area (Å²) in [6.07, 6.45) is 2.40. The molecule has 0 spiro atoms. The van der Waals surface area contributed by atoms with Crippen molar-refractivity contribution < 1.29 is 13.3 Å². The van der Waals surface area contributed by atoms with E-state index in [9.17, 15) is 8.78 Å². The number of halogens is 2. The Morgan fingerprint density at radius 2 is 1.96 bits per heavy atom. The van der Waals surface area contributed by atoms with E-state index in [2.05, 4.69) is 34.6 Å². The van der Waals surface area contributed by atoms with Crippen LogP contribution in [-0.4, -0.2) is 24.7 Å². The van der Waals surface area contributed by atoms with Gasteiger partial charge in [0.1, 0.15) is 11.6 Å². The minimum Gasteiger partial charge on any atom is -0.359 e. The van der Waals surface area contributed by atoms with Crippen LogP contribution < -0.4 is 10.6 Å². The smallest absolute Gasteiger partial charge is 0.191 e. The third kappa shape index (κ3) is 5.54. The Bertz CT molecular complexity index is 726. The number of hydrogen-bond acceptors (Lipinski definition) is 3. The Balaban J connectivity index is 1.82. The molecule has 0 bridgehead atoms. The lowest BCUT2D eigenvalue weighted by Gasteiger charge is -2.11. The molecule has 1 heterocycles. The molecule has 2 N–H and O–H groups in total. The summed E-state index contributed by atoms with van der Waals surface area (Å²) in [7, 11) is 1.65. The Morgan fingerprint density at radius 1 is 1.19 bits per heavy atom. The Hall–Kier alpha value is -2.44. The summed E-state index contributed by atoms with van der Waals surface area (Å²) in [6, 6.07) is 5.42. The molecule has 0 unspecified atom stereocenters. The van der Waals surface area contributed by atoms with Crippen molar-refractivity contribution >= 4 is 5.96 Å². The van der Waals surface area contributed by atoms with E-state index in [0.29, 0.717) is 37.0 Å². The lowest BCUT2D eigenvalue weighted by Crippen LogP contribution is -2.37. The van der Waals surface area contributed by atoms with Crippen molar-refractivity contribution in [2.75, 3.05) is 13.6 Å². The van der Waals surface area contributed by atoms with Crippen LogP contribution in [0.4, 0.5) is 8.78 Å². The molecule has 0 saturated heterocycles. The van der Waals surface area contributed by atoms with Crippen LogP contribution in [0, 0.1) is 11.6 Å². The van der Waals surface area contributed by atoms with Gasteiger partial charge in [0.05, 0.1) is 12.2 Å². The highest BCUT2D eigenvalue weighted by Crippen LogP contribution is 2.22. The van der Waals surface area contributed by atoms with E-state index in [4.69, 9.17) is 4.52 Å². The van der Waals surface area contributed by atoms with Crippen LogP contribution in [0.5, 0.6) is 0 Å². The first-order valence-corrected chi connectivity index (χ1v) is 8.91. The highest BCUT2D eigenvalue weighted by Gasteiger charge is 2.13. The van der Waals surface area contributed by atoms with Gasteiger partial charge in [-0.1, -0.05) is 19.0 Å². The number of benzene rings is 1. The molecule has 0 atom stereocenters. The van der Waals surface area contributed by atoms with Crippen molar-refractivity contribution in [1.29, 1.82) is 0 Å². The van der Waals surface area contributed by atoms with Gasteiger partial charge in [-0.25, -0.2) is 8.78 Å². The summed E-state index contributed by atoms with van der Waals surface area (Å²) in [4.78, 5) is 4.11. The van der Waals surface area contributed by atoms with Crippen LogP contribution in [0.15, 0.2) is 33.8 Å². The minimum absolute atomic E-state index is 0.331. The van der Waals surface area contributed by atoms with E-state index in [1.165, 1.54) is 6.07 Å². The monoisotopic (exact) mass is 364 g/mol. The van der Waals surface area contributed by atoms with Gasteiger partial charge in [0.25, 0.3) is 0 Å². The molecular formula is C19H26F2N4O. The van der Waals surface area contributed by atoms with Crippen LogP contribution in [-0.2, 0) is 13.0 Å². The first kappa shape index (κ1) is 19.9. The second kappa shape index (κ2) is 9.89. The summed E-state index contributed by atoms with van der Waals surface area (Å²) >= 11 is 0. The maximum atomic E-state index is 13.6. The van der Waals surface area contributed by atoms with E-state index in [1.54, 1.807) is 7.05 Å². The van der Waals surface area contributed by atoms with Gasteiger partial charge in [-0.05, 0) is 43.0 Å². The van der Waals surface area contributed by atoms with Gasteiger partial charge in [0.15, 0.2) is 11.7 Å². The Kier molecular flexibility index (Phi) is 7.56. The quantitative estimate of drug-likeness (QED) is 0.553. The molecule has 0 radical (unpaired) electrons. The lowest BCUT2D eigenvalue weighted by molar-refractivity contribution is 0.368. The standard InChI is InChI=1S/C19H26F2N4O/c1-4-13(5-2)18-11-16(26-25-18)12-24-19(22-3)23-9-8-14-10-15(20)6-7-17(14)21/h6-7,10-11,13H,4-5,8-9,12H2,1-3H3,(H2,22,23,24). The molecule has 1 aromatic heterocycles. The third-order valence-corrected chi connectivity index (χ3v) is 4.33. The molecule has 5 nitrogen and oxygen atoms in total. The van der Waals surface area contributed by atoms with Crippen molar-refractivity contribution in [3.8, 4) is 0 Å². The summed E-state index contributed by atoms with van der Waals surface area (Å²) in [6.45, 7) is 5.14. The van der Waals surface area contributed by atoms with Crippen LogP contribution in [0.3, 0.4) is 0 Å². The number of guanidine groups is 1. The average molecular weight is 364 g/mol. The van der Waals surface area contributed by atoms with Gasteiger partial charge in [0.2, 0.25) is 0 Å². The molecule has 0 aliphatic carbocycles. The first-order valence-electron chi connectivity index (χ1n) is 8.91. The molecule has 0 fully saturated rings. The SMILES string of the molecule is CCC(CC)c1cc(CNC(=NC)NCCc2cc(F)ccc2F)on1. The van der Waals surface area contributed by atoms with Gasteiger partial charge in [-0.3, -0.25) is 4.99 Å². The number of nitrogens with one attached hydrogen (secondary N) is 2. The highest BCUT2D eigenvalue weighted by molar-refractivity contribution is 5.79.